The van der Waals surface area contributed by atoms with Crippen LogP contribution < -0.4 is 10.1 Å². The highest BCUT2D eigenvalue weighted by molar-refractivity contribution is 9.10. The van der Waals surface area contributed by atoms with Gasteiger partial charge in [0.2, 0.25) is 0 Å². The average molecular weight is 540 g/mol. The van der Waals surface area contributed by atoms with Crippen LogP contribution in [0.3, 0.4) is 0 Å². The van der Waals surface area contributed by atoms with Gasteiger partial charge >= 0.3 is 0 Å². The van der Waals surface area contributed by atoms with Crippen LogP contribution in [-0.2, 0) is 17.8 Å². The van der Waals surface area contributed by atoms with E-state index in [0.29, 0.717) is 18.0 Å². The Balaban J connectivity index is 1.68. The zero-order valence-electron chi connectivity index (χ0n) is 16.9. The Morgan fingerprint density at radius 3 is 2.32 bits per heavy atom. The lowest BCUT2D eigenvalue weighted by molar-refractivity contribution is -0.112. The summed E-state index contributed by atoms with van der Waals surface area (Å²) in [7, 11) is 0. The maximum atomic E-state index is 12.5. The molecule has 0 aliphatic carbocycles. The molecular weight excluding hydrogens is 520 g/mol. The second-order valence-electron chi connectivity index (χ2n) is 6.78. The smallest absolute Gasteiger partial charge is 0.266 e. The standard InChI is InChI=1S/C25H20Br2N2O2/c1-2-17-5-10-22(11-6-17)29-25(30)20(15-28)13-19-7-12-24(23(27)14-19)31-16-18-3-8-21(26)9-4-18/h3-14H,2,16H2,1H3,(H,29,30)/b20-13+. The monoisotopic (exact) mass is 538 g/mol. The fraction of sp³-hybridized carbons (Fsp3) is 0.120. The molecule has 0 heterocycles. The van der Waals surface area contributed by atoms with Gasteiger partial charge < -0.3 is 10.1 Å². The zero-order chi connectivity index (χ0) is 22.2. The van der Waals surface area contributed by atoms with E-state index in [4.69, 9.17) is 4.74 Å². The number of nitriles is 1. The number of nitrogens with zero attached hydrogens (tertiary/aromatic N) is 1. The Labute approximate surface area is 198 Å². The van der Waals surface area contributed by atoms with Crippen LogP contribution in [0.1, 0.15) is 23.6 Å². The SMILES string of the molecule is CCc1ccc(NC(=O)/C(C#N)=C/c2ccc(OCc3ccc(Br)cc3)c(Br)c2)cc1. The van der Waals surface area contributed by atoms with Crippen LogP contribution in [0.5, 0.6) is 5.75 Å². The summed E-state index contributed by atoms with van der Waals surface area (Å²) in [5, 5.41) is 12.2. The molecule has 0 fully saturated rings. The van der Waals surface area contributed by atoms with Crippen molar-refractivity contribution in [2.75, 3.05) is 5.32 Å². The molecule has 4 nitrogen and oxygen atoms in total. The Kier molecular flexibility index (Phi) is 8.05. The number of carbonyl (C=O) groups is 1. The number of hydrogen-bond donors (Lipinski definition) is 1. The number of amides is 1. The number of aryl methyl sites for hydroxylation is 1. The Morgan fingerprint density at radius 2 is 1.71 bits per heavy atom. The summed E-state index contributed by atoms with van der Waals surface area (Å²) in [6.45, 7) is 2.50. The van der Waals surface area contributed by atoms with Crippen LogP contribution in [0, 0.1) is 11.3 Å². The third kappa shape index (κ3) is 6.55. The van der Waals surface area contributed by atoms with Crippen molar-refractivity contribution in [1.82, 2.24) is 0 Å². The largest absolute Gasteiger partial charge is 0.488 e. The van der Waals surface area contributed by atoms with Crippen LogP contribution in [-0.4, -0.2) is 5.91 Å². The van der Waals surface area contributed by atoms with Crippen LogP contribution in [0.4, 0.5) is 5.69 Å². The summed E-state index contributed by atoms with van der Waals surface area (Å²) in [6.07, 6.45) is 2.48. The molecule has 1 amide bonds. The molecule has 0 spiro atoms. The van der Waals surface area contributed by atoms with E-state index in [9.17, 15) is 10.1 Å². The van der Waals surface area contributed by atoms with Gasteiger partial charge in [-0.15, -0.1) is 0 Å². The number of ether oxygens (including phenoxy) is 1. The first-order valence-corrected chi connectivity index (χ1v) is 11.3. The topological polar surface area (TPSA) is 62.1 Å². The van der Waals surface area contributed by atoms with E-state index in [2.05, 4.69) is 44.1 Å². The molecule has 156 valence electrons. The summed E-state index contributed by atoms with van der Waals surface area (Å²) in [5.41, 5.74) is 3.63. The second kappa shape index (κ2) is 10.9. The first kappa shape index (κ1) is 22.8. The summed E-state index contributed by atoms with van der Waals surface area (Å²) in [5.74, 6) is 0.234. The minimum atomic E-state index is -0.446. The third-order valence-electron chi connectivity index (χ3n) is 4.56. The maximum absolute atomic E-state index is 12.5. The number of carbonyl (C=O) groups excluding carboxylic acids is 1. The molecule has 0 aliphatic heterocycles. The van der Waals surface area contributed by atoms with Gasteiger partial charge in [-0.3, -0.25) is 4.79 Å². The van der Waals surface area contributed by atoms with Crippen LogP contribution >= 0.6 is 31.9 Å². The number of anilines is 1. The average Bonchev–Trinajstić information content (AvgIpc) is 2.78. The maximum Gasteiger partial charge on any atom is 0.266 e. The summed E-state index contributed by atoms with van der Waals surface area (Å²) in [6, 6.07) is 22.9. The normalized spacial score (nSPS) is 11.0. The summed E-state index contributed by atoms with van der Waals surface area (Å²) in [4.78, 5) is 12.5. The molecule has 0 radical (unpaired) electrons. The molecule has 0 aliphatic rings. The lowest BCUT2D eigenvalue weighted by Crippen LogP contribution is -2.13. The van der Waals surface area contributed by atoms with Gasteiger partial charge in [-0.05, 0) is 81.5 Å². The van der Waals surface area contributed by atoms with E-state index in [-0.39, 0.29) is 5.57 Å². The van der Waals surface area contributed by atoms with E-state index >= 15 is 0 Å². The molecule has 0 saturated carbocycles. The van der Waals surface area contributed by atoms with Crippen LogP contribution in [0.2, 0.25) is 0 Å². The molecule has 0 aromatic heterocycles. The molecule has 3 aromatic carbocycles. The lowest BCUT2D eigenvalue weighted by Gasteiger charge is -2.09. The van der Waals surface area contributed by atoms with Gasteiger partial charge in [0.25, 0.3) is 5.91 Å². The second-order valence-corrected chi connectivity index (χ2v) is 8.55. The van der Waals surface area contributed by atoms with E-state index < -0.39 is 5.91 Å². The Morgan fingerprint density at radius 1 is 1.03 bits per heavy atom. The summed E-state index contributed by atoms with van der Waals surface area (Å²) < 4.78 is 7.63. The predicted molar refractivity (Wildman–Crippen MR) is 131 cm³/mol. The van der Waals surface area contributed by atoms with Crippen LogP contribution in [0.25, 0.3) is 6.08 Å². The molecular formula is C25H20Br2N2O2. The fourth-order valence-corrected chi connectivity index (χ4v) is 3.58. The van der Waals surface area contributed by atoms with Crippen molar-refractivity contribution in [3.8, 4) is 11.8 Å². The first-order chi connectivity index (χ1) is 15.0. The van der Waals surface area contributed by atoms with Crippen molar-refractivity contribution in [3.63, 3.8) is 0 Å². The van der Waals surface area contributed by atoms with Gasteiger partial charge in [-0.2, -0.15) is 5.26 Å². The van der Waals surface area contributed by atoms with Gasteiger partial charge in [-0.25, -0.2) is 0 Å². The van der Waals surface area contributed by atoms with Crippen molar-refractivity contribution in [2.45, 2.75) is 20.0 Å². The molecule has 31 heavy (non-hydrogen) atoms. The van der Waals surface area contributed by atoms with E-state index in [0.717, 1.165) is 26.5 Å². The van der Waals surface area contributed by atoms with Crippen molar-refractivity contribution < 1.29 is 9.53 Å². The molecule has 3 aromatic rings. The molecule has 1 N–H and O–H groups in total. The van der Waals surface area contributed by atoms with Gasteiger partial charge in [0.15, 0.2) is 0 Å². The zero-order valence-corrected chi connectivity index (χ0v) is 20.0. The highest BCUT2D eigenvalue weighted by atomic mass is 79.9. The third-order valence-corrected chi connectivity index (χ3v) is 5.71. The number of halogens is 2. The molecule has 0 unspecified atom stereocenters. The van der Waals surface area contributed by atoms with Crippen molar-refractivity contribution >= 4 is 49.5 Å². The van der Waals surface area contributed by atoms with Crippen LogP contribution in [0.15, 0.2) is 81.2 Å². The van der Waals surface area contributed by atoms with Gasteiger partial charge in [0, 0.05) is 10.2 Å². The highest BCUT2D eigenvalue weighted by Gasteiger charge is 2.11. The van der Waals surface area contributed by atoms with E-state index in [1.165, 1.54) is 5.56 Å². The van der Waals surface area contributed by atoms with Crippen molar-refractivity contribution in [1.29, 1.82) is 5.26 Å². The minimum absolute atomic E-state index is 0.0231. The Hall–Kier alpha value is -2.88. The number of nitrogens with one attached hydrogen (secondary N) is 1. The fourth-order valence-electron chi connectivity index (χ4n) is 2.80. The molecule has 3 rings (SSSR count). The lowest BCUT2D eigenvalue weighted by atomic mass is 10.1. The number of benzene rings is 3. The van der Waals surface area contributed by atoms with Crippen molar-refractivity contribution in [2.24, 2.45) is 0 Å². The van der Waals surface area contributed by atoms with Gasteiger partial charge in [0.1, 0.15) is 24.0 Å². The molecule has 0 saturated heterocycles. The molecule has 6 heteroatoms. The molecule has 0 atom stereocenters. The van der Waals surface area contributed by atoms with E-state index in [1.54, 1.807) is 6.08 Å². The number of hydrogen-bond acceptors (Lipinski definition) is 3. The number of rotatable bonds is 7. The van der Waals surface area contributed by atoms with Gasteiger partial charge in [-0.1, -0.05) is 53.2 Å². The highest BCUT2D eigenvalue weighted by Crippen LogP contribution is 2.28. The minimum Gasteiger partial charge on any atom is -0.488 e. The Bertz CT molecular complexity index is 1130. The quantitative estimate of drug-likeness (QED) is 0.262. The van der Waals surface area contributed by atoms with Gasteiger partial charge in [0.05, 0.1) is 4.47 Å². The summed E-state index contributed by atoms with van der Waals surface area (Å²) >= 11 is 6.92. The van der Waals surface area contributed by atoms with Crippen molar-refractivity contribution in [3.05, 3.63) is 97.9 Å². The molecule has 0 bridgehead atoms. The first-order valence-electron chi connectivity index (χ1n) is 9.67. The van der Waals surface area contributed by atoms with E-state index in [1.807, 2.05) is 72.8 Å². The predicted octanol–water partition coefficient (Wildman–Crippen LogP) is 6.90.